The van der Waals surface area contributed by atoms with E-state index in [2.05, 4.69) is 48.5 Å². The first-order valence-corrected chi connectivity index (χ1v) is 9.08. The third-order valence-corrected chi connectivity index (χ3v) is 4.92. The molecule has 3 rings (SSSR count). The molecule has 0 saturated carbocycles. The number of ether oxygens (including phenoxy) is 2. The Hall–Kier alpha value is -2.08. The predicted molar refractivity (Wildman–Crippen MR) is 94.8 cm³/mol. The molecule has 0 atom stereocenters. The van der Waals surface area contributed by atoms with E-state index in [0.717, 1.165) is 23.2 Å². The highest BCUT2D eigenvalue weighted by atomic mass is 32.1. The van der Waals surface area contributed by atoms with Crippen LogP contribution < -0.4 is 4.80 Å². The number of fused-ring (bicyclic) bond motifs is 1. The number of carbonyl (C=O) groups is 1. The molecule has 1 aromatic heterocycles. The van der Waals surface area contributed by atoms with Gasteiger partial charge < -0.3 is 14.0 Å². The molecule has 2 heterocycles. The second-order valence-corrected chi connectivity index (χ2v) is 7.05. The van der Waals surface area contributed by atoms with E-state index in [-0.39, 0.29) is 5.76 Å². The van der Waals surface area contributed by atoms with Crippen molar-refractivity contribution in [3.8, 4) is 0 Å². The zero-order valence-electron chi connectivity index (χ0n) is 14.2. The van der Waals surface area contributed by atoms with Gasteiger partial charge in [0.25, 0.3) is 0 Å². The number of hydrogen-bond donors (Lipinski definition) is 0. The van der Waals surface area contributed by atoms with Gasteiger partial charge in [0.05, 0.1) is 10.2 Å². The molecule has 0 spiro atoms. The summed E-state index contributed by atoms with van der Waals surface area (Å²) in [5.41, 5.74) is 2.41. The number of carbonyl (C=O) groups excluding carboxylic acids is 1. The average Bonchev–Trinajstić information content (AvgIpc) is 2.92. The second kappa shape index (κ2) is 7.21. The maximum absolute atomic E-state index is 12.3. The fraction of sp³-hybridized carbons (Fsp3) is 0.444. The van der Waals surface area contributed by atoms with Crippen molar-refractivity contribution in [2.75, 3.05) is 13.2 Å². The van der Waals surface area contributed by atoms with Crippen molar-refractivity contribution in [3.63, 3.8) is 0 Å². The van der Waals surface area contributed by atoms with Crippen LogP contribution in [0.1, 0.15) is 38.7 Å². The molecular weight excluding hydrogens is 324 g/mol. The van der Waals surface area contributed by atoms with Crippen molar-refractivity contribution in [1.29, 1.82) is 0 Å². The smallest absolute Gasteiger partial charge is 0.317 e. The lowest BCUT2D eigenvalue weighted by Crippen LogP contribution is -2.20. The normalized spacial score (nSPS) is 15.3. The Morgan fingerprint density at radius 1 is 1.38 bits per heavy atom. The van der Waals surface area contributed by atoms with Gasteiger partial charge in [0.15, 0.2) is 4.80 Å². The molecule has 0 unspecified atom stereocenters. The van der Waals surface area contributed by atoms with Gasteiger partial charge in [-0.25, -0.2) is 0 Å². The summed E-state index contributed by atoms with van der Waals surface area (Å²) in [6, 6.07) is 6.47. The highest BCUT2D eigenvalue weighted by Crippen LogP contribution is 2.24. The van der Waals surface area contributed by atoms with E-state index in [0.29, 0.717) is 23.9 Å². The zero-order chi connectivity index (χ0) is 17.1. The molecule has 0 aliphatic carbocycles. The van der Waals surface area contributed by atoms with E-state index < -0.39 is 5.91 Å². The van der Waals surface area contributed by atoms with Crippen LogP contribution in [0.3, 0.4) is 0 Å². The van der Waals surface area contributed by atoms with Crippen LogP contribution in [0.5, 0.6) is 0 Å². The van der Waals surface area contributed by atoms with Crippen LogP contribution in [-0.4, -0.2) is 23.7 Å². The van der Waals surface area contributed by atoms with Gasteiger partial charge in [0, 0.05) is 6.54 Å². The van der Waals surface area contributed by atoms with Crippen LogP contribution in [0.4, 0.5) is 0 Å². The lowest BCUT2D eigenvalue weighted by Gasteiger charge is -2.12. The maximum atomic E-state index is 12.3. The van der Waals surface area contributed by atoms with E-state index in [9.17, 15) is 4.79 Å². The number of rotatable bonds is 4. The highest BCUT2D eigenvalue weighted by molar-refractivity contribution is 7.16. The maximum Gasteiger partial charge on any atom is 0.317 e. The van der Waals surface area contributed by atoms with Gasteiger partial charge in [-0.1, -0.05) is 38.2 Å². The molecule has 0 saturated heterocycles. The lowest BCUT2D eigenvalue weighted by atomic mass is 10.0. The van der Waals surface area contributed by atoms with Crippen molar-refractivity contribution >= 4 is 27.5 Å². The summed E-state index contributed by atoms with van der Waals surface area (Å²) in [5.74, 6) is 0.246. The van der Waals surface area contributed by atoms with Gasteiger partial charge in [-0.2, -0.15) is 4.99 Å². The molecule has 1 amide bonds. The number of amides is 1. The fourth-order valence-electron chi connectivity index (χ4n) is 2.60. The Bertz CT molecular complexity index is 846. The molecule has 1 aliphatic rings. The van der Waals surface area contributed by atoms with Crippen LogP contribution in [0.25, 0.3) is 10.2 Å². The molecular formula is C18H22N2O3S. The van der Waals surface area contributed by atoms with Crippen molar-refractivity contribution in [3.05, 3.63) is 40.6 Å². The molecule has 24 heavy (non-hydrogen) atoms. The van der Waals surface area contributed by atoms with Crippen LogP contribution in [0.2, 0.25) is 0 Å². The molecule has 1 aromatic carbocycles. The van der Waals surface area contributed by atoms with E-state index >= 15 is 0 Å². The summed E-state index contributed by atoms with van der Waals surface area (Å²) >= 11 is 1.54. The molecule has 6 heteroatoms. The minimum atomic E-state index is -0.393. The predicted octanol–water partition coefficient (Wildman–Crippen LogP) is 3.55. The second-order valence-electron chi connectivity index (χ2n) is 6.04. The fourth-order valence-corrected chi connectivity index (χ4v) is 3.70. The quantitative estimate of drug-likeness (QED) is 0.851. The molecule has 0 radical (unpaired) electrons. The number of benzene rings is 1. The van der Waals surface area contributed by atoms with E-state index in [4.69, 9.17) is 9.47 Å². The highest BCUT2D eigenvalue weighted by Gasteiger charge is 2.15. The Kier molecular flexibility index (Phi) is 5.04. The number of aromatic nitrogens is 1. The zero-order valence-corrected chi connectivity index (χ0v) is 15.1. The Morgan fingerprint density at radius 3 is 2.88 bits per heavy atom. The third kappa shape index (κ3) is 3.38. The molecule has 0 N–H and O–H groups in total. The van der Waals surface area contributed by atoms with Crippen molar-refractivity contribution in [1.82, 2.24) is 4.57 Å². The Balaban J connectivity index is 2.08. The summed E-state index contributed by atoms with van der Waals surface area (Å²) in [4.78, 5) is 17.3. The molecule has 0 fully saturated rings. The van der Waals surface area contributed by atoms with Gasteiger partial charge in [0.1, 0.15) is 19.5 Å². The average molecular weight is 346 g/mol. The van der Waals surface area contributed by atoms with E-state index in [1.54, 1.807) is 0 Å². The van der Waals surface area contributed by atoms with Gasteiger partial charge in [-0.3, -0.25) is 4.79 Å². The van der Waals surface area contributed by atoms with Gasteiger partial charge >= 0.3 is 5.91 Å². The summed E-state index contributed by atoms with van der Waals surface area (Å²) < 4.78 is 13.7. The lowest BCUT2D eigenvalue weighted by molar-refractivity contribution is -0.119. The van der Waals surface area contributed by atoms with E-state index in [1.807, 2.05) is 0 Å². The number of nitrogens with zero attached hydrogens (tertiary/aromatic N) is 2. The minimum Gasteiger partial charge on any atom is -0.494 e. The van der Waals surface area contributed by atoms with E-state index in [1.165, 1.54) is 23.2 Å². The Morgan fingerprint density at radius 2 is 2.21 bits per heavy atom. The number of aryl methyl sites for hydroxylation is 1. The van der Waals surface area contributed by atoms with Gasteiger partial charge in [-0.05, 0) is 30.0 Å². The van der Waals surface area contributed by atoms with Gasteiger partial charge in [-0.15, -0.1) is 0 Å². The van der Waals surface area contributed by atoms with Crippen molar-refractivity contribution in [2.45, 2.75) is 39.7 Å². The monoisotopic (exact) mass is 346 g/mol. The number of thiazole rings is 1. The third-order valence-electron chi connectivity index (χ3n) is 3.88. The first-order valence-electron chi connectivity index (χ1n) is 8.27. The standard InChI is InChI=1S/C18H22N2O3S/c1-4-7-20-14-6-5-13(12(2)3)10-16(14)24-18(20)19-17(21)15-11-22-8-9-23-15/h5-6,10-12H,4,7-9H2,1-3H3. The first kappa shape index (κ1) is 16.8. The van der Waals surface area contributed by atoms with Crippen molar-refractivity contribution < 1.29 is 14.3 Å². The number of hydrogen-bond acceptors (Lipinski definition) is 4. The summed E-state index contributed by atoms with van der Waals surface area (Å²) in [6.45, 7) is 8.14. The van der Waals surface area contributed by atoms with Crippen LogP contribution >= 0.6 is 11.3 Å². The topological polar surface area (TPSA) is 52.8 Å². The minimum absolute atomic E-state index is 0.171. The largest absolute Gasteiger partial charge is 0.494 e. The van der Waals surface area contributed by atoms with Crippen molar-refractivity contribution in [2.24, 2.45) is 4.99 Å². The Labute approximate surface area is 145 Å². The molecule has 0 bridgehead atoms. The first-order chi connectivity index (χ1) is 11.6. The molecule has 128 valence electrons. The van der Waals surface area contributed by atoms with Crippen LogP contribution in [-0.2, 0) is 20.8 Å². The molecule has 1 aliphatic heterocycles. The summed E-state index contributed by atoms with van der Waals surface area (Å²) in [7, 11) is 0. The van der Waals surface area contributed by atoms with Crippen LogP contribution in [0, 0.1) is 0 Å². The van der Waals surface area contributed by atoms with Gasteiger partial charge in [0.2, 0.25) is 5.76 Å². The summed E-state index contributed by atoms with van der Waals surface area (Å²) in [5, 5.41) is 0. The summed E-state index contributed by atoms with van der Waals surface area (Å²) in [6.07, 6.45) is 2.32. The molecule has 2 aromatic rings. The SMILES string of the molecule is CCCn1c(=NC(=O)C2=COCCO2)sc2cc(C(C)C)ccc21. The molecule has 5 nitrogen and oxygen atoms in total. The van der Waals surface area contributed by atoms with Crippen LogP contribution in [0.15, 0.2) is 35.2 Å².